The van der Waals surface area contributed by atoms with Gasteiger partial charge in [0.05, 0.1) is 6.10 Å². The topological polar surface area (TPSA) is 23.1 Å². The first-order valence-corrected chi connectivity index (χ1v) is 5.12. The molecule has 0 bridgehead atoms. The van der Waals surface area contributed by atoms with Crippen LogP contribution in [0.15, 0.2) is 0 Å². The lowest BCUT2D eigenvalue weighted by molar-refractivity contribution is -0.0355. The Morgan fingerprint density at radius 3 is 2.25 bits per heavy atom. The highest BCUT2D eigenvalue weighted by Crippen LogP contribution is 2.38. The molecule has 0 spiro atoms. The Labute approximate surface area is 74.6 Å². The van der Waals surface area contributed by atoms with E-state index < -0.39 is 0 Å². The van der Waals surface area contributed by atoms with Crippen LogP contribution in [-0.4, -0.2) is 29.6 Å². The minimum atomic E-state index is -0.273. The Kier molecular flexibility index (Phi) is 2.13. The van der Waals surface area contributed by atoms with Gasteiger partial charge >= 0.3 is 0 Å². The second-order valence-corrected chi connectivity index (χ2v) is 4.54. The van der Waals surface area contributed by atoms with Crippen LogP contribution in [0, 0.1) is 0 Å². The van der Waals surface area contributed by atoms with Crippen molar-refractivity contribution in [2.24, 2.45) is 0 Å². The lowest BCUT2D eigenvalue weighted by atomic mass is 9.76. The van der Waals surface area contributed by atoms with Crippen LogP contribution in [-0.2, 0) is 5.11 Å². The Bertz CT molecular complexity index is 157. The zero-order chi connectivity index (χ0) is 8.60. The van der Waals surface area contributed by atoms with E-state index in [2.05, 4.69) is 11.8 Å². The van der Waals surface area contributed by atoms with Crippen LogP contribution >= 0.6 is 0 Å². The molecule has 0 amide bonds. The summed E-state index contributed by atoms with van der Waals surface area (Å²) < 4.78 is 0. The number of piperidine rings is 1. The number of likely N-dealkylation sites (tertiary alicyclic amines) is 1. The molecule has 0 aromatic rings. The summed E-state index contributed by atoms with van der Waals surface area (Å²) in [6, 6.07) is 0. The number of nitrogens with zero attached hydrogens (tertiary/aromatic N) is 1. The van der Waals surface area contributed by atoms with Gasteiger partial charge < -0.3 is 0 Å². The molecule has 0 unspecified atom stereocenters. The average molecular weight is 168 g/mol. The van der Waals surface area contributed by atoms with Gasteiger partial charge in [0.2, 0.25) is 0 Å². The maximum atomic E-state index is 11.1. The summed E-state index contributed by atoms with van der Waals surface area (Å²) in [4.78, 5) is 2.53. The first kappa shape index (κ1) is 8.52. The van der Waals surface area contributed by atoms with Crippen LogP contribution in [0.3, 0.4) is 0 Å². The fourth-order valence-electron chi connectivity index (χ4n) is 2.40. The van der Waals surface area contributed by atoms with Gasteiger partial charge in [-0.25, -0.2) is 5.11 Å². The molecule has 2 nitrogen and oxygen atoms in total. The molecule has 0 aromatic heterocycles. The lowest BCUT2D eigenvalue weighted by Gasteiger charge is -2.50. The van der Waals surface area contributed by atoms with Crippen molar-refractivity contribution in [1.82, 2.24) is 4.90 Å². The molecule has 69 valence electrons. The van der Waals surface area contributed by atoms with Crippen molar-refractivity contribution >= 4 is 0 Å². The largest absolute Gasteiger partial charge is 0.298 e. The average Bonchev–Trinajstić information content (AvgIpc) is 2.02. The van der Waals surface area contributed by atoms with Crippen molar-refractivity contribution in [3.63, 3.8) is 0 Å². The molecule has 0 aromatic carbocycles. The van der Waals surface area contributed by atoms with E-state index in [0.29, 0.717) is 5.54 Å². The molecule has 1 radical (unpaired) electrons. The molecule has 1 saturated carbocycles. The third-order valence-corrected chi connectivity index (χ3v) is 3.64. The minimum Gasteiger partial charge on any atom is -0.298 e. The fourth-order valence-corrected chi connectivity index (χ4v) is 2.40. The molecule has 0 N–H and O–H groups in total. The third-order valence-electron chi connectivity index (χ3n) is 3.64. The van der Waals surface area contributed by atoms with E-state index in [1.807, 2.05) is 0 Å². The van der Waals surface area contributed by atoms with Crippen molar-refractivity contribution < 1.29 is 5.11 Å². The van der Waals surface area contributed by atoms with Crippen LogP contribution in [0.5, 0.6) is 0 Å². The van der Waals surface area contributed by atoms with E-state index >= 15 is 0 Å². The summed E-state index contributed by atoms with van der Waals surface area (Å²) >= 11 is 0. The predicted molar refractivity (Wildman–Crippen MR) is 47.5 cm³/mol. The van der Waals surface area contributed by atoms with Crippen molar-refractivity contribution in [1.29, 1.82) is 0 Å². The van der Waals surface area contributed by atoms with Crippen LogP contribution in [0.2, 0.25) is 0 Å². The zero-order valence-electron chi connectivity index (χ0n) is 7.88. The van der Waals surface area contributed by atoms with E-state index in [1.54, 1.807) is 0 Å². The summed E-state index contributed by atoms with van der Waals surface area (Å²) in [6.07, 6.45) is 5.54. The molecule has 2 aliphatic rings. The number of hydrogen-bond donors (Lipinski definition) is 0. The molecule has 1 aliphatic carbocycles. The molecule has 1 heterocycles. The van der Waals surface area contributed by atoms with Gasteiger partial charge in [-0.05, 0) is 39.0 Å². The highest BCUT2D eigenvalue weighted by atomic mass is 16.3. The highest BCUT2D eigenvalue weighted by Gasteiger charge is 2.39. The van der Waals surface area contributed by atoms with E-state index in [4.69, 9.17) is 0 Å². The molecule has 12 heavy (non-hydrogen) atoms. The van der Waals surface area contributed by atoms with Crippen molar-refractivity contribution in [3.8, 4) is 0 Å². The molecule has 2 heteroatoms. The predicted octanol–water partition coefficient (Wildman–Crippen LogP) is 1.82. The number of rotatable bonds is 1. The quantitative estimate of drug-likeness (QED) is 0.585. The van der Waals surface area contributed by atoms with Gasteiger partial charge in [-0.3, -0.25) is 4.90 Å². The van der Waals surface area contributed by atoms with Crippen molar-refractivity contribution in [2.75, 3.05) is 13.1 Å². The first-order chi connectivity index (χ1) is 5.71. The highest BCUT2D eigenvalue weighted by molar-refractivity contribution is 4.95. The monoisotopic (exact) mass is 168 g/mol. The molecule has 0 atom stereocenters. The van der Waals surface area contributed by atoms with Gasteiger partial charge in [-0.15, -0.1) is 0 Å². The first-order valence-electron chi connectivity index (χ1n) is 5.12. The van der Waals surface area contributed by atoms with Gasteiger partial charge in [0.1, 0.15) is 0 Å². The Hall–Kier alpha value is -0.0800. The molecular weight excluding hydrogens is 150 g/mol. The van der Waals surface area contributed by atoms with Crippen LogP contribution in [0.25, 0.3) is 0 Å². The SMILES string of the molecule is CC1(N2CCC([O])CC2)CCC1. The van der Waals surface area contributed by atoms with Crippen molar-refractivity contribution in [2.45, 2.75) is 50.7 Å². The smallest absolute Gasteiger partial charge is 0.0954 e. The third kappa shape index (κ3) is 1.38. The van der Waals surface area contributed by atoms with Crippen molar-refractivity contribution in [3.05, 3.63) is 0 Å². The maximum absolute atomic E-state index is 11.1. The number of hydrogen-bond acceptors (Lipinski definition) is 1. The second-order valence-electron chi connectivity index (χ2n) is 4.54. The van der Waals surface area contributed by atoms with Gasteiger partial charge in [0.15, 0.2) is 0 Å². The second kappa shape index (κ2) is 3.00. The standard InChI is InChI=1S/C10H18NO/c1-10(5-2-6-10)11-7-3-9(12)4-8-11/h9H,2-8H2,1H3. The normalized spacial score (nSPS) is 31.5. The van der Waals surface area contributed by atoms with E-state index in [0.717, 1.165) is 25.9 Å². The molecule has 2 fully saturated rings. The van der Waals surface area contributed by atoms with Gasteiger partial charge in [-0.1, -0.05) is 0 Å². The van der Waals surface area contributed by atoms with E-state index in [-0.39, 0.29) is 6.10 Å². The molecule has 1 aliphatic heterocycles. The fraction of sp³-hybridized carbons (Fsp3) is 1.00. The van der Waals surface area contributed by atoms with E-state index in [1.165, 1.54) is 19.3 Å². The summed E-state index contributed by atoms with van der Waals surface area (Å²) in [7, 11) is 0. The molecule has 2 rings (SSSR count). The summed E-state index contributed by atoms with van der Waals surface area (Å²) in [5, 5.41) is 11.1. The summed E-state index contributed by atoms with van der Waals surface area (Å²) in [5.74, 6) is 0. The zero-order valence-corrected chi connectivity index (χ0v) is 7.88. The van der Waals surface area contributed by atoms with E-state index in [9.17, 15) is 5.11 Å². The molecule has 1 saturated heterocycles. The minimum absolute atomic E-state index is 0.273. The van der Waals surface area contributed by atoms with Gasteiger partial charge in [-0.2, -0.15) is 0 Å². The summed E-state index contributed by atoms with van der Waals surface area (Å²) in [6.45, 7) is 4.44. The molecular formula is C10H18NO. The Morgan fingerprint density at radius 1 is 1.25 bits per heavy atom. The maximum Gasteiger partial charge on any atom is 0.0954 e. The lowest BCUT2D eigenvalue weighted by Crippen LogP contribution is -2.54. The Morgan fingerprint density at radius 2 is 1.83 bits per heavy atom. The van der Waals surface area contributed by atoms with Crippen LogP contribution < -0.4 is 0 Å². The van der Waals surface area contributed by atoms with Gasteiger partial charge in [0.25, 0.3) is 0 Å². The van der Waals surface area contributed by atoms with Gasteiger partial charge in [0, 0.05) is 18.6 Å². The van der Waals surface area contributed by atoms with Crippen LogP contribution in [0.1, 0.15) is 39.0 Å². The van der Waals surface area contributed by atoms with Crippen LogP contribution in [0.4, 0.5) is 0 Å². The summed E-state index contributed by atoms with van der Waals surface area (Å²) in [5.41, 5.74) is 0.472. The Balaban J connectivity index is 1.88.